The van der Waals surface area contributed by atoms with Gasteiger partial charge in [-0.05, 0) is 19.2 Å². The van der Waals surface area contributed by atoms with Crippen molar-refractivity contribution in [3.63, 3.8) is 0 Å². The van der Waals surface area contributed by atoms with E-state index in [2.05, 4.69) is 0 Å². The van der Waals surface area contributed by atoms with Crippen LogP contribution in [0.2, 0.25) is 0 Å². The van der Waals surface area contributed by atoms with E-state index in [1.165, 1.54) is 0 Å². The summed E-state index contributed by atoms with van der Waals surface area (Å²) in [5.74, 6) is 1.21. The Morgan fingerprint density at radius 2 is 2.07 bits per heavy atom. The number of methoxy groups -OCH3 is 1. The zero-order chi connectivity index (χ0) is 20.8. The van der Waals surface area contributed by atoms with Gasteiger partial charge in [0.1, 0.15) is 29.2 Å². The summed E-state index contributed by atoms with van der Waals surface area (Å²) in [5.41, 5.74) is 0.668. The summed E-state index contributed by atoms with van der Waals surface area (Å²) in [7, 11) is 3.46. The third-order valence-corrected chi connectivity index (χ3v) is 7.34. The van der Waals surface area contributed by atoms with Crippen LogP contribution in [-0.2, 0) is 14.3 Å². The molecule has 29 heavy (non-hydrogen) atoms. The number of aromatic hydroxyl groups is 1. The number of phenolic OH excluding ortho intramolecular Hbond substituents is 1. The zero-order valence-electron chi connectivity index (χ0n) is 16.4. The van der Waals surface area contributed by atoms with Gasteiger partial charge < -0.3 is 24.4 Å². The molecule has 1 unspecified atom stereocenters. The zero-order valence-corrected chi connectivity index (χ0v) is 18.1. The van der Waals surface area contributed by atoms with E-state index in [0.29, 0.717) is 43.5 Å². The van der Waals surface area contributed by atoms with Crippen LogP contribution >= 0.6 is 23.5 Å². The van der Waals surface area contributed by atoms with Crippen molar-refractivity contribution in [3.8, 4) is 11.5 Å². The molecule has 8 nitrogen and oxygen atoms in total. The molecule has 0 bridgehead atoms. The normalized spacial score (nSPS) is 24.6. The standard InChI is InChI=1S/C19H26N2O6S2/c1-21-15(19(23)24)11-29-18(21)14-10-28-17(20-14)13-4-3-12(9-16(13)22)27-8-7-26-6-5-25-2/h3-4,9,14-15,18,22H,5-8,10-11H2,1-2H3,(H,23,24)/t14-,15+,18?/m0/s1. The van der Waals surface area contributed by atoms with Gasteiger partial charge in [0.2, 0.25) is 0 Å². The second kappa shape index (κ2) is 10.5. The molecule has 0 aliphatic carbocycles. The number of hydrogen-bond acceptors (Lipinski definition) is 9. The number of aliphatic imine (C=N–C) groups is 1. The van der Waals surface area contributed by atoms with Gasteiger partial charge in [-0.1, -0.05) is 0 Å². The van der Waals surface area contributed by atoms with Gasteiger partial charge in [0, 0.05) is 30.2 Å². The summed E-state index contributed by atoms with van der Waals surface area (Å²) >= 11 is 3.21. The average molecular weight is 443 g/mol. The first-order chi connectivity index (χ1) is 14.0. The molecule has 0 aromatic heterocycles. The molecule has 1 aromatic carbocycles. The minimum Gasteiger partial charge on any atom is -0.507 e. The van der Waals surface area contributed by atoms with Crippen molar-refractivity contribution in [2.24, 2.45) is 4.99 Å². The molecule has 0 spiro atoms. The Bertz CT molecular complexity index is 747. The number of hydrogen-bond donors (Lipinski definition) is 2. The molecule has 2 heterocycles. The summed E-state index contributed by atoms with van der Waals surface area (Å²) in [5, 5.41) is 20.5. The third kappa shape index (κ3) is 5.58. The second-order valence-corrected chi connectivity index (χ2v) is 8.85. The molecule has 3 atom stereocenters. The largest absolute Gasteiger partial charge is 0.507 e. The lowest BCUT2D eigenvalue weighted by atomic mass is 10.2. The van der Waals surface area contributed by atoms with Crippen molar-refractivity contribution >= 4 is 34.5 Å². The van der Waals surface area contributed by atoms with E-state index in [9.17, 15) is 15.0 Å². The van der Waals surface area contributed by atoms with E-state index in [0.717, 1.165) is 10.8 Å². The quantitative estimate of drug-likeness (QED) is 0.525. The molecule has 2 aliphatic rings. The molecule has 2 N–H and O–H groups in total. The molecular formula is C19H26N2O6S2. The number of carboxylic acids is 1. The lowest BCUT2D eigenvalue weighted by Crippen LogP contribution is -2.42. The van der Waals surface area contributed by atoms with E-state index in [1.807, 2.05) is 11.9 Å². The number of aliphatic carboxylic acids is 1. The van der Waals surface area contributed by atoms with Crippen LogP contribution in [-0.4, -0.2) is 95.7 Å². The van der Waals surface area contributed by atoms with Gasteiger partial charge in [0.15, 0.2) is 0 Å². The van der Waals surface area contributed by atoms with Gasteiger partial charge >= 0.3 is 5.97 Å². The molecule has 2 aliphatic heterocycles. The molecule has 1 fully saturated rings. The van der Waals surface area contributed by atoms with Crippen LogP contribution in [0, 0.1) is 0 Å². The van der Waals surface area contributed by atoms with Crippen LogP contribution in [0.1, 0.15) is 5.56 Å². The summed E-state index contributed by atoms with van der Waals surface area (Å²) in [4.78, 5) is 18.0. The number of carbonyl (C=O) groups is 1. The minimum absolute atomic E-state index is 0.00562. The summed E-state index contributed by atoms with van der Waals surface area (Å²) in [6, 6.07) is 4.71. The topological polar surface area (TPSA) is 101 Å². The molecular weight excluding hydrogens is 416 g/mol. The maximum Gasteiger partial charge on any atom is 0.321 e. The SMILES string of the molecule is COCCOCCOc1ccc(C2=N[C@H](C3SC[C@H](C(=O)O)N3C)CS2)c(O)c1. The molecule has 3 rings (SSSR count). The Morgan fingerprint density at radius 3 is 2.76 bits per heavy atom. The maximum absolute atomic E-state index is 11.3. The van der Waals surface area contributed by atoms with Gasteiger partial charge in [-0.25, -0.2) is 0 Å². The number of ether oxygens (including phenoxy) is 3. The summed E-state index contributed by atoms with van der Waals surface area (Å²) in [6.45, 7) is 1.89. The number of benzene rings is 1. The first-order valence-corrected chi connectivity index (χ1v) is 11.3. The molecule has 160 valence electrons. The van der Waals surface area contributed by atoms with E-state index in [-0.39, 0.29) is 17.2 Å². The number of thioether (sulfide) groups is 2. The first-order valence-electron chi connectivity index (χ1n) is 9.31. The summed E-state index contributed by atoms with van der Waals surface area (Å²) < 4.78 is 15.8. The van der Waals surface area contributed by atoms with Crippen molar-refractivity contribution in [1.82, 2.24) is 4.90 Å². The monoisotopic (exact) mass is 442 g/mol. The molecule has 0 radical (unpaired) electrons. The smallest absolute Gasteiger partial charge is 0.321 e. The fourth-order valence-electron chi connectivity index (χ4n) is 3.16. The van der Waals surface area contributed by atoms with Crippen LogP contribution in [0.25, 0.3) is 0 Å². The third-order valence-electron chi connectivity index (χ3n) is 4.73. The van der Waals surface area contributed by atoms with Crippen LogP contribution in [0.15, 0.2) is 23.2 Å². The van der Waals surface area contributed by atoms with E-state index >= 15 is 0 Å². The minimum atomic E-state index is -0.797. The predicted octanol–water partition coefficient (Wildman–Crippen LogP) is 1.75. The molecule has 0 amide bonds. The van der Waals surface area contributed by atoms with Gasteiger partial charge in [-0.2, -0.15) is 0 Å². The van der Waals surface area contributed by atoms with Crippen molar-refractivity contribution in [3.05, 3.63) is 23.8 Å². The van der Waals surface area contributed by atoms with Crippen LogP contribution in [0.5, 0.6) is 11.5 Å². The highest BCUT2D eigenvalue weighted by atomic mass is 32.2. The fraction of sp³-hybridized carbons (Fsp3) is 0.579. The first kappa shape index (κ1) is 22.2. The second-order valence-electron chi connectivity index (χ2n) is 6.69. The lowest BCUT2D eigenvalue weighted by Gasteiger charge is -2.24. The number of rotatable bonds is 10. The highest BCUT2D eigenvalue weighted by Crippen LogP contribution is 2.38. The Balaban J connectivity index is 1.57. The number of carboxylic acid groups (broad SMARTS) is 1. The maximum atomic E-state index is 11.3. The van der Waals surface area contributed by atoms with Crippen LogP contribution in [0.3, 0.4) is 0 Å². The Kier molecular flexibility index (Phi) is 8.07. The van der Waals surface area contributed by atoms with E-state index in [1.54, 1.807) is 48.8 Å². The number of likely N-dealkylation sites (N-methyl/N-ethyl adjacent to an activating group) is 1. The van der Waals surface area contributed by atoms with Gasteiger partial charge in [-0.3, -0.25) is 14.7 Å². The van der Waals surface area contributed by atoms with E-state index in [4.69, 9.17) is 19.2 Å². The molecule has 1 saturated heterocycles. The van der Waals surface area contributed by atoms with Gasteiger partial charge in [-0.15, -0.1) is 23.5 Å². The van der Waals surface area contributed by atoms with E-state index < -0.39 is 12.0 Å². The Labute approximate surface area is 178 Å². The Morgan fingerprint density at radius 1 is 1.28 bits per heavy atom. The van der Waals surface area contributed by atoms with Crippen molar-refractivity contribution < 1.29 is 29.2 Å². The van der Waals surface area contributed by atoms with Crippen LogP contribution in [0.4, 0.5) is 0 Å². The lowest BCUT2D eigenvalue weighted by molar-refractivity contribution is -0.141. The van der Waals surface area contributed by atoms with Crippen molar-refractivity contribution in [1.29, 1.82) is 0 Å². The molecule has 1 aromatic rings. The summed E-state index contributed by atoms with van der Waals surface area (Å²) in [6.07, 6.45) is 0. The molecule has 0 saturated carbocycles. The highest BCUT2D eigenvalue weighted by molar-refractivity contribution is 8.14. The molecule has 10 heteroatoms. The van der Waals surface area contributed by atoms with Crippen molar-refractivity contribution in [2.75, 3.05) is 52.1 Å². The van der Waals surface area contributed by atoms with Gasteiger partial charge in [0.05, 0.1) is 31.2 Å². The highest BCUT2D eigenvalue weighted by Gasteiger charge is 2.41. The van der Waals surface area contributed by atoms with Gasteiger partial charge in [0.25, 0.3) is 0 Å². The number of phenols is 1. The average Bonchev–Trinajstić information content (AvgIpc) is 3.31. The van der Waals surface area contributed by atoms with Crippen LogP contribution < -0.4 is 4.74 Å². The predicted molar refractivity (Wildman–Crippen MR) is 115 cm³/mol. The fourth-order valence-corrected chi connectivity index (χ4v) is 5.92. The van der Waals surface area contributed by atoms with Crippen molar-refractivity contribution in [2.45, 2.75) is 17.5 Å². The number of nitrogens with zero attached hydrogens (tertiary/aromatic N) is 2. The Hall–Kier alpha value is -1.46.